The summed E-state index contributed by atoms with van der Waals surface area (Å²) in [5.41, 5.74) is 1.07. The Morgan fingerprint density at radius 2 is 1.66 bits per heavy atom. The molecular weight excluding hydrogens is 372 g/mol. The van der Waals surface area contributed by atoms with Gasteiger partial charge in [-0.2, -0.15) is 0 Å². The van der Waals surface area contributed by atoms with Crippen molar-refractivity contribution in [2.75, 3.05) is 20.4 Å². The van der Waals surface area contributed by atoms with E-state index in [1.807, 2.05) is 42.5 Å². The van der Waals surface area contributed by atoms with Crippen LogP contribution >= 0.6 is 0 Å². The van der Waals surface area contributed by atoms with E-state index in [1.165, 1.54) is 0 Å². The van der Waals surface area contributed by atoms with Gasteiger partial charge < -0.3 is 24.8 Å². The van der Waals surface area contributed by atoms with Gasteiger partial charge in [0.25, 0.3) is 0 Å². The summed E-state index contributed by atoms with van der Waals surface area (Å²) in [6.45, 7) is 1.05. The minimum Gasteiger partial charge on any atom is -0.497 e. The van der Waals surface area contributed by atoms with Crippen LogP contribution in [0.1, 0.15) is 24.0 Å². The zero-order valence-electron chi connectivity index (χ0n) is 16.3. The number of ether oxygens (including phenoxy) is 3. The molecule has 2 aromatic rings. The Morgan fingerprint density at radius 3 is 2.38 bits per heavy atom. The molecule has 2 amide bonds. The highest BCUT2D eigenvalue weighted by Crippen LogP contribution is 2.46. The fourth-order valence-electron chi connectivity index (χ4n) is 3.37. The predicted octanol–water partition coefficient (Wildman–Crippen LogP) is 2.18. The fourth-order valence-corrected chi connectivity index (χ4v) is 3.37. The minimum absolute atomic E-state index is 0.200. The number of rotatable bonds is 8. The average Bonchev–Trinajstić information content (AvgIpc) is 3.44. The van der Waals surface area contributed by atoms with Crippen LogP contribution in [0, 0.1) is 5.41 Å². The monoisotopic (exact) mass is 396 g/mol. The van der Waals surface area contributed by atoms with Gasteiger partial charge in [-0.15, -0.1) is 0 Å². The zero-order valence-corrected chi connectivity index (χ0v) is 16.3. The molecule has 0 radical (unpaired) electrons. The van der Waals surface area contributed by atoms with E-state index in [2.05, 4.69) is 10.6 Å². The summed E-state index contributed by atoms with van der Waals surface area (Å²) in [5, 5.41) is 5.79. The first kappa shape index (κ1) is 19.1. The second-order valence-electron chi connectivity index (χ2n) is 7.31. The molecule has 1 fully saturated rings. The molecule has 4 rings (SSSR count). The SMILES string of the molecule is COc1ccc(CCNC(=O)C2(C(=O)NCc3ccc4c(c3)OCO4)CC2)cc1. The van der Waals surface area contributed by atoms with Crippen molar-refractivity contribution < 1.29 is 23.8 Å². The van der Waals surface area contributed by atoms with Crippen molar-refractivity contribution in [3.8, 4) is 17.2 Å². The number of hydrogen-bond acceptors (Lipinski definition) is 5. The number of carbonyl (C=O) groups excluding carboxylic acids is 2. The van der Waals surface area contributed by atoms with Gasteiger partial charge in [0.15, 0.2) is 11.5 Å². The molecule has 1 aliphatic carbocycles. The maximum absolute atomic E-state index is 12.6. The third-order valence-electron chi connectivity index (χ3n) is 5.37. The lowest BCUT2D eigenvalue weighted by atomic mass is 10.0. The molecule has 1 heterocycles. The minimum atomic E-state index is -0.934. The van der Waals surface area contributed by atoms with Crippen LogP contribution in [0.15, 0.2) is 42.5 Å². The average molecular weight is 396 g/mol. The number of benzene rings is 2. The highest BCUT2D eigenvalue weighted by molar-refractivity contribution is 6.07. The van der Waals surface area contributed by atoms with Gasteiger partial charge in [0.2, 0.25) is 18.6 Å². The number of hydrogen-bond donors (Lipinski definition) is 2. The molecule has 1 saturated carbocycles. The lowest BCUT2D eigenvalue weighted by Gasteiger charge is -2.15. The smallest absolute Gasteiger partial charge is 0.235 e. The van der Waals surface area contributed by atoms with E-state index in [-0.39, 0.29) is 18.6 Å². The van der Waals surface area contributed by atoms with Crippen molar-refractivity contribution >= 4 is 11.8 Å². The Kier molecular flexibility index (Phi) is 5.29. The molecule has 0 bridgehead atoms. The molecule has 1 aliphatic heterocycles. The molecule has 2 N–H and O–H groups in total. The quantitative estimate of drug-likeness (QED) is 0.668. The summed E-state index contributed by atoms with van der Waals surface area (Å²) in [7, 11) is 1.63. The predicted molar refractivity (Wildman–Crippen MR) is 106 cm³/mol. The Bertz CT molecular complexity index is 906. The van der Waals surface area contributed by atoms with E-state index < -0.39 is 5.41 Å². The fraction of sp³-hybridized carbons (Fsp3) is 0.364. The summed E-state index contributed by atoms with van der Waals surface area (Å²) in [4.78, 5) is 25.2. The molecule has 7 heteroatoms. The van der Waals surface area contributed by atoms with Crippen molar-refractivity contribution in [2.45, 2.75) is 25.8 Å². The first-order chi connectivity index (χ1) is 14.1. The second kappa shape index (κ2) is 8.03. The summed E-state index contributed by atoms with van der Waals surface area (Å²) in [6, 6.07) is 13.3. The first-order valence-electron chi connectivity index (χ1n) is 9.69. The number of fused-ring (bicyclic) bond motifs is 1. The van der Waals surface area contributed by atoms with Gasteiger partial charge in [-0.3, -0.25) is 9.59 Å². The Balaban J connectivity index is 1.26. The van der Waals surface area contributed by atoms with Crippen LogP contribution in [-0.4, -0.2) is 32.3 Å². The van der Waals surface area contributed by atoms with E-state index >= 15 is 0 Å². The Morgan fingerprint density at radius 1 is 0.966 bits per heavy atom. The van der Waals surface area contributed by atoms with Gasteiger partial charge in [-0.1, -0.05) is 18.2 Å². The number of methoxy groups -OCH3 is 1. The molecule has 0 saturated heterocycles. The van der Waals surface area contributed by atoms with E-state index in [4.69, 9.17) is 14.2 Å². The molecule has 2 aromatic carbocycles. The molecule has 2 aliphatic rings. The molecular formula is C22H24N2O5. The van der Waals surface area contributed by atoms with Gasteiger partial charge in [0.05, 0.1) is 7.11 Å². The summed E-state index contributed by atoms with van der Waals surface area (Å²) < 4.78 is 15.8. The molecule has 0 spiro atoms. The lowest BCUT2D eigenvalue weighted by molar-refractivity contribution is -0.137. The van der Waals surface area contributed by atoms with Gasteiger partial charge in [0, 0.05) is 13.1 Å². The van der Waals surface area contributed by atoms with Gasteiger partial charge in [-0.05, 0) is 54.7 Å². The van der Waals surface area contributed by atoms with Crippen molar-refractivity contribution in [3.63, 3.8) is 0 Å². The summed E-state index contributed by atoms with van der Waals surface area (Å²) in [6.07, 6.45) is 1.85. The lowest BCUT2D eigenvalue weighted by Crippen LogP contribution is -2.43. The van der Waals surface area contributed by atoms with Crippen LogP contribution in [0.4, 0.5) is 0 Å². The maximum Gasteiger partial charge on any atom is 0.235 e. The second-order valence-corrected chi connectivity index (χ2v) is 7.31. The standard InChI is InChI=1S/C22H24N2O5/c1-27-17-5-2-15(3-6-17)8-11-23-20(25)22(9-10-22)21(26)24-13-16-4-7-18-19(12-16)29-14-28-18/h2-7,12H,8-11,13-14H2,1H3,(H,23,25)(H,24,26). The highest BCUT2D eigenvalue weighted by atomic mass is 16.7. The third kappa shape index (κ3) is 4.13. The van der Waals surface area contributed by atoms with E-state index in [0.717, 1.165) is 16.9 Å². The molecule has 0 aromatic heterocycles. The topological polar surface area (TPSA) is 85.9 Å². The van der Waals surface area contributed by atoms with E-state index in [1.54, 1.807) is 7.11 Å². The third-order valence-corrected chi connectivity index (χ3v) is 5.37. The van der Waals surface area contributed by atoms with Crippen LogP contribution in [0.2, 0.25) is 0 Å². The van der Waals surface area contributed by atoms with Crippen LogP contribution in [0.3, 0.4) is 0 Å². The van der Waals surface area contributed by atoms with Crippen molar-refractivity contribution in [2.24, 2.45) is 5.41 Å². The van der Waals surface area contributed by atoms with Crippen LogP contribution in [0.25, 0.3) is 0 Å². The Labute approximate surface area is 169 Å². The number of nitrogens with one attached hydrogen (secondary N) is 2. The Hall–Kier alpha value is -3.22. The number of amides is 2. The van der Waals surface area contributed by atoms with Crippen LogP contribution < -0.4 is 24.8 Å². The van der Waals surface area contributed by atoms with Gasteiger partial charge in [-0.25, -0.2) is 0 Å². The van der Waals surface area contributed by atoms with Crippen molar-refractivity contribution in [3.05, 3.63) is 53.6 Å². The van der Waals surface area contributed by atoms with Crippen LogP contribution in [0.5, 0.6) is 17.2 Å². The zero-order chi connectivity index (χ0) is 20.3. The van der Waals surface area contributed by atoms with Gasteiger partial charge >= 0.3 is 0 Å². The largest absolute Gasteiger partial charge is 0.497 e. The normalized spacial score (nSPS) is 15.5. The van der Waals surface area contributed by atoms with E-state index in [0.29, 0.717) is 43.9 Å². The van der Waals surface area contributed by atoms with Crippen molar-refractivity contribution in [1.82, 2.24) is 10.6 Å². The maximum atomic E-state index is 12.6. The molecule has 0 unspecified atom stereocenters. The van der Waals surface area contributed by atoms with Crippen molar-refractivity contribution in [1.29, 1.82) is 0 Å². The summed E-state index contributed by atoms with van der Waals surface area (Å²) in [5.74, 6) is 1.75. The molecule has 0 atom stereocenters. The molecule has 7 nitrogen and oxygen atoms in total. The molecule has 29 heavy (non-hydrogen) atoms. The highest BCUT2D eigenvalue weighted by Gasteiger charge is 2.56. The first-order valence-corrected chi connectivity index (χ1v) is 9.69. The summed E-state index contributed by atoms with van der Waals surface area (Å²) >= 11 is 0. The van der Waals surface area contributed by atoms with Gasteiger partial charge in [0.1, 0.15) is 11.2 Å². The van der Waals surface area contributed by atoms with Crippen LogP contribution in [-0.2, 0) is 22.6 Å². The number of carbonyl (C=O) groups is 2. The van der Waals surface area contributed by atoms with E-state index in [9.17, 15) is 9.59 Å². The molecule has 152 valence electrons.